The molecule has 0 aromatic heterocycles. The van der Waals surface area contributed by atoms with Crippen molar-refractivity contribution in [1.82, 2.24) is 4.31 Å². The van der Waals surface area contributed by atoms with Crippen molar-refractivity contribution in [2.45, 2.75) is 32.6 Å². The third-order valence-electron chi connectivity index (χ3n) is 4.68. The lowest BCUT2D eigenvalue weighted by Crippen LogP contribution is -2.30. The number of carbonyl (C=O) groups is 2. The molecule has 0 heterocycles. The van der Waals surface area contributed by atoms with Crippen molar-refractivity contribution in [3.05, 3.63) is 53.6 Å². The van der Waals surface area contributed by atoms with E-state index in [1.807, 2.05) is 26.0 Å². The van der Waals surface area contributed by atoms with Crippen LogP contribution in [0.4, 0.5) is 5.69 Å². The summed E-state index contributed by atoms with van der Waals surface area (Å²) < 4.78 is 36.6. The highest BCUT2D eigenvalue weighted by atomic mass is 32.2. The van der Waals surface area contributed by atoms with Crippen molar-refractivity contribution in [1.29, 1.82) is 0 Å². The van der Waals surface area contributed by atoms with Crippen molar-refractivity contribution in [3.63, 3.8) is 0 Å². The van der Waals surface area contributed by atoms with Crippen LogP contribution in [0.5, 0.6) is 5.75 Å². The number of sulfonamides is 1. The van der Waals surface area contributed by atoms with E-state index in [9.17, 15) is 18.0 Å². The molecule has 0 spiro atoms. The highest BCUT2D eigenvalue weighted by Gasteiger charge is 2.21. The number of benzene rings is 2. The van der Waals surface area contributed by atoms with E-state index in [1.165, 1.54) is 28.6 Å². The summed E-state index contributed by atoms with van der Waals surface area (Å²) in [5.74, 6) is -0.669. The summed E-state index contributed by atoms with van der Waals surface area (Å²) >= 11 is 0. The van der Waals surface area contributed by atoms with E-state index in [0.717, 1.165) is 11.1 Å². The van der Waals surface area contributed by atoms with Gasteiger partial charge in [0.2, 0.25) is 10.0 Å². The fourth-order valence-electron chi connectivity index (χ4n) is 2.75. The number of anilines is 1. The van der Waals surface area contributed by atoms with Gasteiger partial charge in [0.15, 0.2) is 13.2 Å². The quantitative estimate of drug-likeness (QED) is 0.561. The molecule has 0 aliphatic heterocycles. The molecule has 2 rings (SSSR count). The van der Waals surface area contributed by atoms with Crippen molar-refractivity contribution < 1.29 is 27.5 Å². The first kappa shape index (κ1) is 24.4. The molecule has 0 bridgehead atoms. The Hall–Kier alpha value is -2.91. The van der Waals surface area contributed by atoms with Gasteiger partial charge in [0.25, 0.3) is 5.91 Å². The van der Waals surface area contributed by atoms with Crippen molar-refractivity contribution >= 4 is 27.6 Å². The molecule has 0 radical (unpaired) electrons. The zero-order chi connectivity index (χ0) is 23.0. The number of aryl methyl sites for hydroxylation is 2. The van der Waals surface area contributed by atoms with Gasteiger partial charge in [-0.05, 0) is 61.4 Å². The van der Waals surface area contributed by atoms with E-state index in [0.29, 0.717) is 24.5 Å². The number of amides is 1. The van der Waals surface area contributed by atoms with Crippen LogP contribution in [0.25, 0.3) is 0 Å². The lowest BCUT2D eigenvalue weighted by atomic mass is 10.1. The van der Waals surface area contributed by atoms with Crippen LogP contribution in [-0.2, 0) is 24.3 Å². The van der Waals surface area contributed by atoms with Gasteiger partial charge in [-0.3, -0.25) is 4.79 Å². The Morgan fingerprint density at radius 3 is 2.16 bits per heavy atom. The minimum Gasteiger partial charge on any atom is -0.482 e. The summed E-state index contributed by atoms with van der Waals surface area (Å²) in [4.78, 5) is 23.9. The zero-order valence-corrected chi connectivity index (χ0v) is 19.0. The van der Waals surface area contributed by atoms with E-state index in [2.05, 4.69) is 5.32 Å². The molecular weight excluding hydrogens is 420 g/mol. The maximum absolute atomic E-state index is 12.5. The first-order valence-corrected chi connectivity index (χ1v) is 11.4. The molecule has 0 aliphatic carbocycles. The summed E-state index contributed by atoms with van der Waals surface area (Å²) in [6.07, 6.45) is 0. The van der Waals surface area contributed by atoms with Gasteiger partial charge in [0, 0.05) is 18.8 Å². The third-order valence-corrected chi connectivity index (χ3v) is 6.74. The molecule has 1 N–H and O–H groups in total. The first-order valence-electron chi connectivity index (χ1n) is 9.93. The minimum absolute atomic E-state index is 0.143. The Balaban J connectivity index is 1.83. The molecule has 0 fully saturated rings. The molecule has 0 saturated carbocycles. The van der Waals surface area contributed by atoms with E-state index >= 15 is 0 Å². The van der Waals surface area contributed by atoms with Gasteiger partial charge in [-0.2, -0.15) is 4.31 Å². The van der Waals surface area contributed by atoms with Gasteiger partial charge >= 0.3 is 5.97 Å². The summed E-state index contributed by atoms with van der Waals surface area (Å²) in [7, 11) is -3.56. The second kappa shape index (κ2) is 10.9. The Labute approximate surface area is 183 Å². The van der Waals surface area contributed by atoms with Crippen molar-refractivity contribution in [3.8, 4) is 5.75 Å². The summed E-state index contributed by atoms with van der Waals surface area (Å²) in [5.41, 5.74) is 2.55. The van der Waals surface area contributed by atoms with Gasteiger partial charge in [-0.1, -0.05) is 19.9 Å². The van der Waals surface area contributed by atoms with E-state index in [-0.39, 0.29) is 11.5 Å². The molecule has 31 heavy (non-hydrogen) atoms. The standard InChI is InChI=1S/C22H28N2O6S/c1-5-24(6-2)31(27,28)20-11-8-18(9-12-20)23-21(25)14-30-22(26)15-29-19-10-7-16(3)17(4)13-19/h7-13H,5-6,14-15H2,1-4H3,(H,23,25). The molecule has 2 aromatic carbocycles. The molecule has 8 nitrogen and oxygen atoms in total. The van der Waals surface area contributed by atoms with Crippen LogP contribution in [0.3, 0.4) is 0 Å². The predicted octanol–water partition coefficient (Wildman–Crippen LogP) is 2.89. The number of esters is 1. The number of nitrogens with zero attached hydrogens (tertiary/aromatic N) is 1. The number of nitrogens with one attached hydrogen (secondary N) is 1. The van der Waals surface area contributed by atoms with Crippen molar-refractivity contribution in [2.24, 2.45) is 0 Å². The van der Waals surface area contributed by atoms with Gasteiger partial charge in [0.1, 0.15) is 5.75 Å². The van der Waals surface area contributed by atoms with Gasteiger partial charge in [0.05, 0.1) is 4.90 Å². The van der Waals surface area contributed by atoms with Crippen LogP contribution in [0.2, 0.25) is 0 Å². The number of rotatable bonds is 10. The molecule has 1 amide bonds. The largest absolute Gasteiger partial charge is 0.482 e. The smallest absolute Gasteiger partial charge is 0.344 e. The molecule has 0 unspecified atom stereocenters. The fraction of sp³-hybridized carbons (Fsp3) is 0.364. The van der Waals surface area contributed by atoms with Crippen LogP contribution >= 0.6 is 0 Å². The lowest BCUT2D eigenvalue weighted by Gasteiger charge is -2.18. The molecular formula is C22H28N2O6S. The van der Waals surface area contributed by atoms with Crippen molar-refractivity contribution in [2.75, 3.05) is 31.6 Å². The number of ether oxygens (including phenoxy) is 2. The van der Waals surface area contributed by atoms with Gasteiger partial charge < -0.3 is 14.8 Å². The second-order valence-electron chi connectivity index (χ2n) is 6.86. The predicted molar refractivity (Wildman–Crippen MR) is 118 cm³/mol. The SMILES string of the molecule is CCN(CC)S(=O)(=O)c1ccc(NC(=O)COC(=O)COc2ccc(C)c(C)c2)cc1. The van der Waals surface area contributed by atoms with Crippen LogP contribution in [0.15, 0.2) is 47.4 Å². The first-order chi connectivity index (χ1) is 14.7. The molecule has 168 valence electrons. The molecule has 0 atom stereocenters. The summed E-state index contributed by atoms with van der Waals surface area (Å²) in [5, 5.41) is 2.56. The van der Waals surface area contributed by atoms with Crippen LogP contribution in [0, 0.1) is 13.8 Å². The lowest BCUT2D eigenvalue weighted by molar-refractivity contribution is -0.149. The van der Waals surface area contributed by atoms with Crippen LogP contribution in [0.1, 0.15) is 25.0 Å². The van der Waals surface area contributed by atoms with Crippen LogP contribution in [-0.4, -0.2) is 50.9 Å². The van der Waals surface area contributed by atoms with Gasteiger partial charge in [-0.15, -0.1) is 0 Å². The summed E-state index contributed by atoms with van der Waals surface area (Å²) in [6, 6.07) is 11.3. The molecule has 2 aromatic rings. The van der Waals surface area contributed by atoms with Gasteiger partial charge in [-0.25, -0.2) is 13.2 Å². The highest BCUT2D eigenvalue weighted by Crippen LogP contribution is 2.18. The molecule has 0 saturated heterocycles. The normalized spacial score (nSPS) is 11.3. The Morgan fingerprint density at radius 2 is 1.58 bits per heavy atom. The topological polar surface area (TPSA) is 102 Å². The Kier molecular flexibility index (Phi) is 8.58. The fourth-order valence-corrected chi connectivity index (χ4v) is 4.21. The maximum atomic E-state index is 12.5. The Morgan fingerprint density at radius 1 is 0.935 bits per heavy atom. The molecule has 9 heteroatoms. The monoisotopic (exact) mass is 448 g/mol. The average Bonchev–Trinajstić information content (AvgIpc) is 2.74. The minimum atomic E-state index is -3.56. The highest BCUT2D eigenvalue weighted by molar-refractivity contribution is 7.89. The number of carbonyl (C=O) groups excluding carboxylic acids is 2. The Bertz CT molecular complexity index is 1010. The third kappa shape index (κ3) is 6.80. The van der Waals surface area contributed by atoms with E-state index < -0.39 is 28.5 Å². The van der Waals surface area contributed by atoms with Crippen LogP contribution < -0.4 is 10.1 Å². The zero-order valence-electron chi connectivity index (χ0n) is 18.2. The van der Waals surface area contributed by atoms with E-state index in [1.54, 1.807) is 19.9 Å². The maximum Gasteiger partial charge on any atom is 0.344 e. The second-order valence-corrected chi connectivity index (χ2v) is 8.80. The average molecular weight is 449 g/mol. The number of hydrogen-bond acceptors (Lipinski definition) is 6. The number of hydrogen-bond donors (Lipinski definition) is 1. The summed E-state index contributed by atoms with van der Waals surface area (Å²) in [6.45, 7) is 7.40. The van der Waals surface area contributed by atoms with E-state index in [4.69, 9.17) is 9.47 Å². The molecule has 0 aliphatic rings.